The van der Waals surface area contributed by atoms with Crippen molar-refractivity contribution >= 4 is 33.3 Å². The molecule has 3 aromatic heterocycles. The molecule has 172 valence electrons. The molecule has 0 atom stereocenters. The summed E-state index contributed by atoms with van der Waals surface area (Å²) < 4.78 is 6.63. The first-order valence-corrected chi connectivity index (χ1v) is 12.3. The third kappa shape index (κ3) is 4.06. The van der Waals surface area contributed by atoms with E-state index in [0.29, 0.717) is 27.9 Å². The molecule has 5 aromatic rings. The Morgan fingerprint density at radius 2 is 1.76 bits per heavy atom. The molecule has 3 heterocycles. The molecule has 0 spiro atoms. The first-order chi connectivity index (χ1) is 16.4. The number of fused-ring (bicyclic) bond motifs is 1. The van der Waals surface area contributed by atoms with Gasteiger partial charge in [-0.15, -0.1) is 21.5 Å². The van der Waals surface area contributed by atoms with Gasteiger partial charge in [0.1, 0.15) is 16.4 Å². The molecule has 34 heavy (non-hydrogen) atoms. The van der Waals surface area contributed by atoms with Crippen LogP contribution in [0.5, 0.6) is 5.75 Å². The number of nitrogens with one attached hydrogen (secondary N) is 1. The summed E-state index contributed by atoms with van der Waals surface area (Å²) in [6, 6.07) is 15.6. The minimum atomic E-state index is -0.145. The van der Waals surface area contributed by atoms with E-state index in [2.05, 4.69) is 15.2 Å². The van der Waals surface area contributed by atoms with Crippen LogP contribution in [-0.4, -0.2) is 32.0 Å². The maximum atomic E-state index is 13.0. The van der Waals surface area contributed by atoms with E-state index >= 15 is 0 Å². The Bertz CT molecular complexity index is 1540. The van der Waals surface area contributed by atoms with Gasteiger partial charge in [0.15, 0.2) is 5.82 Å². The summed E-state index contributed by atoms with van der Waals surface area (Å²) in [4.78, 5) is 22.5. The van der Waals surface area contributed by atoms with Crippen LogP contribution in [0.3, 0.4) is 0 Å². The lowest BCUT2D eigenvalue weighted by Gasteiger charge is -2.05. The Hall–Kier alpha value is -3.63. The molecule has 0 bridgehead atoms. The second-order valence-electron chi connectivity index (χ2n) is 7.79. The Morgan fingerprint density at radius 3 is 2.47 bits per heavy atom. The van der Waals surface area contributed by atoms with E-state index in [0.717, 1.165) is 32.1 Å². The lowest BCUT2D eigenvalue weighted by atomic mass is 10.0. The van der Waals surface area contributed by atoms with E-state index in [-0.39, 0.29) is 5.56 Å². The van der Waals surface area contributed by atoms with Crippen LogP contribution >= 0.6 is 23.1 Å². The van der Waals surface area contributed by atoms with Gasteiger partial charge in [-0.2, -0.15) is 0 Å². The summed E-state index contributed by atoms with van der Waals surface area (Å²) in [6.07, 6.45) is 0. The number of ether oxygens (including phenoxy) is 1. The number of nitrogen functional groups attached to an aromatic ring is 1. The summed E-state index contributed by atoms with van der Waals surface area (Å²) in [6.45, 7) is 4.07. The lowest BCUT2D eigenvalue weighted by Crippen LogP contribution is -2.13. The van der Waals surface area contributed by atoms with E-state index in [9.17, 15) is 4.79 Å². The molecule has 0 aliphatic rings. The molecule has 5 rings (SSSR count). The molecular weight excluding hydrogens is 468 g/mol. The van der Waals surface area contributed by atoms with E-state index in [4.69, 9.17) is 15.6 Å². The van der Waals surface area contributed by atoms with Gasteiger partial charge in [-0.1, -0.05) is 41.6 Å². The van der Waals surface area contributed by atoms with Crippen molar-refractivity contribution < 1.29 is 4.74 Å². The van der Waals surface area contributed by atoms with Crippen molar-refractivity contribution in [3.8, 4) is 28.3 Å². The number of nitrogens with two attached hydrogens (primary N) is 1. The van der Waals surface area contributed by atoms with E-state index in [1.54, 1.807) is 7.11 Å². The summed E-state index contributed by atoms with van der Waals surface area (Å²) in [5.74, 6) is 8.50. The first kappa shape index (κ1) is 22.2. The molecule has 0 fully saturated rings. The molecule has 10 heteroatoms. The van der Waals surface area contributed by atoms with Crippen molar-refractivity contribution in [2.45, 2.75) is 24.8 Å². The number of methoxy groups -OCH3 is 1. The smallest absolute Gasteiger partial charge is 0.260 e. The first-order valence-electron chi connectivity index (χ1n) is 10.5. The van der Waals surface area contributed by atoms with Gasteiger partial charge in [0, 0.05) is 16.0 Å². The standard InChI is InChI=1S/C24H22N6O2S2/c1-13-4-6-15(7-5-13)19-14(2)34-23-20(19)22(31)26-18(27-23)12-33-24-29-28-21(30(24)25)16-8-10-17(32-3)11-9-16/h4-11H,12,25H2,1-3H3,(H,26,27,31). The zero-order chi connectivity index (χ0) is 23.8. The molecule has 8 nitrogen and oxygen atoms in total. The zero-order valence-corrected chi connectivity index (χ0v) is 20.5. The van der Waals surface area contributed by atoms with Gasteiger partial charge in [0.2, 0.25) is 5.16 Å². The number of rotatable bonds is 6. The molecule has 0 unspecified atom stereocenters. The number of aryl methyl sites for hydroxylation is 2. The number of aromatic nitrogens is 5. The summed E-state index contributed by atoms with van der Waals surface area (Å²) in [7, 11) is 1.62. The van der Waals surface area contributed by atoms with Crippen molar-refractivity contribution in [1.82, 2.24) is 24.8 Å². The van der Waals surface area contributed by atoms with Crippen molar-refractivity contribution in [1.29, 1.82) is 0 Å². The van der Waals surface area contributed by atoms with E-state index < -0.39 is 0 Å². The van der Waals surface area contributed by atoms with Crippen LogP contribution in [0.4, 0.5) is 0 Å². The van der Waals surface area contributed by atoms with Gasteiger partial charge in [-0.3, -0.25) is 4.79 Å². The van der Waals surface area contributed by atoms with Crippen LogP contribution < -0.4 is 16.1 Å². The van der Waals surface area contributed by atoms with Crippen LogP contribution in [0.25, 0.3) is 32.7 Å². The lowest BCUT2D eigenvalue weighted by molar-refractivity contribution is 0.415. The Balaban J connectivity index is 1.40. The van der Waals surface area contributed by atoms with Gasteiger partial charge < -0.3 is 15.6 Å². The minimum absolute atomic E-state index is 0.145. The number of nitrogens with zero attached hydrogens (tertiary/aromatic N) is 4. The zero-order valence-electron chi connectivity index (χ0n) is 18.8. The van der Waals surface area contributed by atoms with Gasteiger partial charge in [0.05, 0.1) is 18.2 Å². The maximum absolute atomic E-state index is 13.0. The number of thiophene rings is 1. The fraction of sp³-hybridized carbons (Fsp3) is 0.167. The topological polar surface area (TPSA) is 112 Å². The Kier molecular flexibility index (Phi) is 5.84. The number of hydrogen-bond donors (Lipinski definition) is 2. The van der Waals surface area contributed by atoms with Crippen LogP contribution in [0, 0.1) is 13.8 Å². The van der Waals surface area contributed by atoms with Crippen molar-refractivity contribution in [3.05, 3.63) is 75.1 Å². The molecule has 3 N–H and O–H groups in total. The van der Waals surface area contributed by atoms with Crippen molar-refractivity contribution in [2.24, 2.45) is 0 Å². The highest BCUT2D eigenvalue weighted by atomic mass is 32.2. The maximum Gasteiger partial charge on any atom is 0.260 e. The number of H-pyrrole nitrogens is 1. The second kappa shape index (κ2) is 8.96. The average Bonchev–Trinajstić information content (AvgIpc) is 3.37. The monoisotopic (exact) mass is 490 g/mol. The highest BCUT2D eigenvalue weighted by Gasteiger charge is 2.18. The fourth-order valence-corrected chi connectivity index (χ4v) is 5.54. The normalized spacial score (nSPS) is 11.3. The number of benzene rings is 2. The highest BCUT2D eigenvalue weighted by molar-refractivity contribution is 7.98. The van der Waals surface area contributed by atoms with Crippen LogP contribution in [-0.2, 0) is 5.75 Å². The molecule has 0 aliphatic heterocycles. The van der Waals surface area contributed by atoms with Crippen molar-refractivity contribution in [2.75, 3.05) is 13.0 Å². The van der Waals surface area contributed by atoms with Gasteiger partial charge >= 0.3 is 0 Å². The minimum Gasteiger partial charge on any atom is -0.497 e. The van der Waals surface area contributed by atoms with Crippen molar-refractivity contribution in [3.63, 3.8) is 0 Å². The molecule has 0 saturated carbocycles. The Labute approximate surface area is 203 Å². The highest BCUT2D eigenvalue weighted by Crippen LogP contribution is 2.36. The predicted molar refractivity (Wildman–Crippen MR) is 137 cm³/mol. The molecule has 0 radical (unpaired) electrons. The van der Waals surface area contributed by atoms with Gasteiger partial charge in [-0.05, 0) is 43.7 Å². The SMILES string of the molecule is COc1ccc(-c2nnc(SCc3nc4sc(C)c(-c5ccc(C)cc5)c4c(=O)[nH]3)n2N)cc1. The number of thioether (sulfide) groups is 1. The van der Waals surface area contributed by atoms with Crippen LogP contribution in [0.15, 0.2) is 58.5 Å². The van der Waals surface area contributed by atoms with Gasteiger partial charge in [-0.25, -0.2) is 9.66 Å². The average molecular weight is 491 g/mol. The molecule has 2 aromatic carbocycles. The van der Waals surface area contributed by atoms with Gasteiger partial charge in [0.25, 0.3) is 5.56 Å². The number of aromatic amines is 1. The third-order valence-corrected chi connectivity index (χ3v) is 7.43. The third-order valence-electron chi connectivity index (χ3n) is 5.48. The second-order valence-corrected chi connectivity index (χ2v) is 9.93. The Morgan fingerprint density at radius 1 is 1.06 bits per heavy atom. The largest absolute Gasteiger partial charge is 0.497 e. The molecular formula is C24H22N6O2S2. The van der Waals surface area contributed by atoms with Crippen LogP contribution in [0.1, 0.15) is 16.3 Å². The van der Waals surface area contributed by atoms with E-state index in [1.165, 1.54) is 33.3 Å². The fourth-order valence-electron chi connectivity index (χ4n) is 3.74. The molecule has 0 saturated heterocycles. The summed E-state index contributed by atoms with van der Waals surface area (Å²) in [5.41, 5.74) is 3.82. The van der Waals surface area contributed by atoms with E-state index in [1.807, 2.05) is 62.4 Å². The summed E-state index contributed by atoms with van der Waals surface area (Å²) in [5, 5.41) is 9.57. The molecule has 0 amide bonds. The number of hydrogen-bond acceptors (Lipinski definition) is 8. The predicted octanol–water partition coefficient (Wildman–Crippen LogP) is 4.54. The summed E-state index contributed by atoms with van der Waals surface area (Å²) >= 11 is 2.89. The quantitative estimate of drug-likeness (QED) is 0.265. The molecule has 0 aliphatic carbocycles. The van der Waals surface area contributed by atoms with Crippen LogP contribution in [0.2, 0.25) is 0 Å².